The maximum Gasteiger partial charge on any atom is 0.250 e. The van der Waals surface area contributed by atoms with E-state index in [0.29, 0.717) is 44.9 Å². The van der Waals surface area contributed by atoms with Crippen molar-refractivity contribution >= 4 is 23.4 Å². The van der Waals surface area contributed by atoms with Gasteiger partial charge in [-0.15, -0.1) is 0 Å². The van der Waals surface area contributed by atoms with E-state index < -0.39 is 5.54 Å². The van der Waals surface area contributed by atoms with Crippen molar-refractivity contribution in [1.29, 1.82) is 0 Å². The third-order valence-corrected chi connectivity index (χ3v) is 7.98. The molecule has 3 heterocycles. The number of amides is 3. The highest BCUT2D eigenvalue weighted by Gasteiger charge is 2.54. The van der Waals surface area contributed by atoms with Crippen molar-refractivity contribution in [2.45, 2.75) is 70.8 Å². The number of carbonyl (C=O) groups excluding carboxylic acids is 3. The van der Waals surface area contributed by atoms with Crippen LogP contribution in [0.3, 0.4) is 0 Å². The summed E-state index contributed by atoms with van der Waals surface area (Å²) < 4.78 is 0. The second kappa shape index (κ2) is 10.8. The Morgan fingerprint density at radius 2 is 1.59 bits per heavy atom. The molecule has 7 heteroatoms. The van der Waals surface area contributed by atoms with E-state index in [1.807, 2.05) is 40.1 Å². The molecule has 0 radical (unpaired) electrons. The largest absolute Gasteiger partial charge is 0.342 e. The number of hydrogen-bond donors (Lipinski definition) is 0. The Kier molecular flexibility index (Phi) is 7.79. The highest BCUT2D eigenvalue weighted by atomic mass is 16.2. The van der Waals surface area contributed by atoms with Crippen molar-refractivity contribution < 1.29 is 14.4 Å². The third kappa shape index (κ3) is 5.08. The van der Waals surface area contributed by atoms with Crippen molar-refractivity contribution in [2.75, 3.05) is 44.3 Å². The Hall–Kier alpha value is -2.57. The molecular formula is C27H40N4O3. The van der Waals surface area contributed by atoms with Gasteiger partial charge in [0.05, 0.1) is 6.67 Å². The second-order valence-electron chi connectivity index (χ2n) is 10.3. The Labute approximate surface area is 204 Å². The van der Waals surface area contributed by atoms with Crippen molar-refractivity contribution in [3.63, 3.8) is 0 Å². The molecule has 0 unspecified atom stereocenters. The first kappa shape index (κ1) is 24.6. The van der Waals surface area contributed by atoms with Gasteiger partial charge in [0.25, 0.3) is 5.91 Å². The molecule has 3 saturated heterocycles. The summed E-state index contributed by atoms with van der Waals surface area (Å²) >= 11 is 0. The van der Waals surface area contributed by atoms with Gasteiger partial charge in [0.15, 0.2) is 0 Å². The molecule has 0 saturated carbocycles. The highest BCUT2D eigenvalue weighted by Crippen LogP contribution is 2.39. The Morgan fingerprint density at radius 3 is 2.24 bits per heavy atom. The van der Waals surface area contributed by atoms with Crippen LogP contribution >= 0.6 is 0 Å². The number of para-hydroxylation sites is 1. The number of hydrogen-bond acceptors (Lipinski definition) is 4. The molecule has 0 bridgehead atoms. The summed E-state index contributed by atoms with van der Waals surface area (Å²) in [6.07, 6.45) is 6.95. The zero-order valence-corrected chi connectivity index (χ0v) is 20.9. The minimum Gasteiger partial charge on any atom is -0.342 e. The first-order chi connectivity index (χ1) is 16.4. The molecule has 3 fully saturated rings. The minimum absolute atomic E-state index is 0.0353. The quantitative estimate of drug-likeness (QED) is 0.575. The smallest absolute Gasteiger partial charge is 0.250 e. The topological polar surface area (TPSA) is 64.2 Å². The Morgan fingerprint density at radius 1 is 0.941 bits per heavy atom. The lowest BCUT2D eigenvalue weighted by molar-refractivity contribution is -0.142. The van der Waals surface area contributed by atoms with Crippen LogP contribution in [0.25, 0.3) is 0 Å². The molecule has 7 nitrogen and oxygen atoms in total. The van der Waals surface area contributed by atoms with Crippen LogP contribution in [0, 0.1) is 5.92 Å². The van der Waals surface area contributed by atoms with Crippen LogP contribution in [0.5, 0.6) is 0 Å². The highest BCUT2D eigenvalue weighted by molar-refractivity contribution is 5.96. The van der Waals surface area contributed by atoms with Crippen LogP contribution in [-0.2, 0) is 14.4 Å². The molecule has 0 aromatic heterocycles. The zero-order valence-electron chi connectivity index (χ0n) is 20.9. The van der Waals surface area contributed by atoms with Crippen LogP contribution in [0.15, 0.2) is 30.3 Å². The van der Waals surface area contributed by atoms with E-state index in [9.17, 15) is 14.4 Å². The molecule has 1 spiro atoms. The molecule has 3 aliphatic heterocycles. The summed E-state index contributed by atoms with van der Waals surface area (Å²) in [6, 6.07) is 10.0. The molecule has 3 amide bonds. The summed E-state index contributed by atoms with van der Waals surface area (Å²) in [7, 11) is 0. The lowest BCUT2D eigenvalue weighted by Crippen LogP contribution is -2.57. The molecular weight excluding hydrogens is 428 g/mol. The van der Waals surface area contributed by atoms with Crippen LogP contribution in [0.2, 0.25) is 0 Å². The SMILES string of the molecule is CCCCCC(=O)N1CCC2(CC1)C(=O)N(CC(=O)N1CCC(C)CC1)CN2c1ccccc1. The first-order valence-corrected chi connectivity index (χ1v) is 13.1. The number of benzene rings is 1. The van der Waals surface area contributed by atoms with E-state index in [-0.39, 0.29) is 24.3 Å². The van der Waals surface area contributed by atoms with Crippen LogP contribution in [0.1, 0.15) is 65.2 Å². The van der Waals surface area contributed by atoms with Gasteiger partial charge in [-0.2, -0.15) is 0 Å². The van der Waals surface area contributed by atoms with Gasteiger partial charge in [-0.3, -0.25) is 14.4 Å². The van der Waals surface area contributed by atoms with Gasteiger partial charge in [-0.1, -0.05) is 44.9 Å². The van der Waals surface area contributed by atoms with Crippen LogP contribution in [0.4, 0.5) is 5.69 Å². The summed E-state index contributed by atoms with van der Waals surface area (Å²) in [4.78, 5) is 47.3. The summed E-state index contributed by atoms with van der Waals surface area (Å²) in [5, 5.41) is 0. The van der Waals surface area contributed by atoms with E-state index in [0.717, 1.165) is 50.9 Å². The molecule has 34 heavy (non-hydrogen) atoms. The Balaban J connectivity index is 1.47. The number of likely N-dealkylation sites (tertiary alicyclic amines) is 2. The number of piperidine rings is 2. The molecule has 1 aromatic carbocycles. The number of unbranched alkanes of at least 4 members (excludes halogenated alkanes) is 2. The van der Waals surface area contributed by atoms with Crippen molar-refractivity contribution in [3.05, 3.63) is 30.3 Å². The van der Waals surface area contributed by atoms with Crippen molar-refractivity contribution in [2.24, 2.45) is 5.92 Å². The summed E-state index contributed by atoms with van der Waals surface area (Å²) in [5.74, 6) is 0.942. The number of anilines is 1. The predicted octanol–water partition coefficient (Wildman–Crippen LogP) is 3.49. The van der Waals surface area contributed by atoms with Gasteiger partial charge in [0, 0.05) is 38.3 Å². The monoisotopic (exact) mass is 468 g/mol. The van der Waals surface area contributed by atoms with Gasteiger partial charge < -0.3 is 19.6 Å². The molecule has 0 N–H and O–H groups in total. The van der Waals surface area contributed by atoms with Crippen LogP contribution in [-0.4, -0.2) is 77.4 Å². The van der Waals surface area contributed by atoms with Gasteiger partial charge in [0.1, 0.15) is 12.1 Å². The molecule has 186 valence electrons. The molecule has 1 aromatic rings. The lowest BCUT2D eigenvalue weighted by atomic mass is 9.85. The number of carbonyl (C=O) groups is 3. The fraction of sp³-hybridized carbons (Fsp3) is 0.667. The van der Waals surface area contributed by atoms with E-state index >= 15 is 0 Å². The normalized spacial score (nSPS) is 20.9. The standard InChI is InChI=1S/C27H40N4O3/c1-3-4-6-11-24(32)29-18-14-27(15-19-29)26(34)30(21-31(27)23-9-7-5-8-10-23)20-25(33)28-16-12-22(2)13-17-28/h5,7-10,22H,3-4,6,11-21H2,1-2H3. The predicted molar refractivity (Wildman–Crippen MR) is 133 cm³/mol. The zero-order chi connectivity index (χ0) is 24.1. The van der Waals surface area contributed by atoms with Crippen LogP contribution < -0.4 is 4.90 Å². The summed E-state index contributed by atoms with van der Waals surface area (Å²) in [5.41, 5.74) is 0.318. The van der Waals surface area contributed by atoms with Gasteiger partial charge in [-0.05, 0) is 50.2 Å². The van der Waals surface area contributed by atoms with Gasteiger partial charge in [-0.25, -0.2) is 0 Å². The fourth-order valence-electron chi connectivity index (χ4n) is 5.65. The van der Waals surface area contributed by atoms with E-state index in [1.165, 1.54) is 0 Å². The second-order valence-corrected chi connectivity index (χ2v) is 10.3. The molecule has 0 atom stereocenters. The van der Waals surface area contributed by atoms with E-state index in [2.05, 4.69) is 18.7 Å². The summed E-state index contributed by atoms with van der Waals surface area (Å²) in [6.45, 7) is 7.67. The Bertz CT molecular complexity index is 858. The fourth-order valence-corrected chi connectivity index (χ4v) is 5.65. The average Bonchev–Trinajstić information content (AvgIpc) is 3.11. The van der Waals surface area contributed by atoms with E-state index in [4.69, 9.17) is 0 Å². The third-order valence-electron chi connectivity index (χ3n) is 7.98. The number of nitrogens with zero attached hydrogens (tertiary/aromatic N) is 4. The molecule has 4 rings (SSSR count). The average molecular weight is 469 g/mol. The van der Waals surface area contributed by atoms with Gasteiger partial charge in [0.2, 0.25) is 11.8 Å². The van der Waals surface area contributed by atoms with Gasteiger partial charge >= 0.3 is 0 Å². The van der Waals surface area contributed by atoms with Crippen molar-refractivity contribution in [3.8, 4) is 0 Å². The van der Waals surface area contributed by atoms with E-state index in [1.54, 1.807) is 4.90 Å². The molecule has 0 aliphatic carbocycles. The number of rotatable bonds is 7. The maximum atomic E-state index is 13.8. The maximum absolute atomic E-state index is 13.8. The molecule has 3 aliphatic rings. The first-order valence-electron chi connectivity index (χ1n) is 13.1. The lowest BCUT2D eigenvalue weighted by Gasteiger charge is -2.43. The minimum atomic E-state index is -0.682. The van der Waals surface area contributed by atoms with Crippen molar-refractivity contribution in [1.82, 2.24) is 14.7 Å².